The van der Waals surface area contributed by atoms with Crippen LogP contribution in [0, 0.1) is 0 Å². The smallest absolute Gasteiger partial charge is 0.412 e. The molecule has 0 aliphatic rings. The first-order valence-electron chi connectivity index (χ1n) is 8.43. The van der Waals surface area contributed by atoms with Crippen molar-refractivity contribution in [2.45, 2.75) is 26.4 Å². The summed E-state index contributed by atoms with van der Waals surface area (Å²) in [5.74, 6) is 1.65. The van der Waals surface area contributed by atoms with Crippen molar-refractivity contribution in [1.29, 1.82) is 0 Å². The fourth-order valence-electron chi connectivity index (χ4n) is 2.38. The maximum Gasteiger partial charge on any atom is 0.412 e. The lowest BCUT2D eigenvalue weighted by Crippen LogP contribution is -2.27. The Morgan fingerprint density at radius 2 is 1.33 bits per heavy atom. The van der Waals surface area contributed by atoms with Crippen LogP contribution in [0.5, 0.6) is 17.2 Å². The van der Waals surface area contributed by atoms with Crippen LogP contribution in [0.15, 0.2) is 36.4 Å². The van der Waals surface area contributed by atoms with Crippen molar-refractivity contribution >= 4 is 23.2 Å². The zero-order chi connectivity index (χ0) is 20.0. The van der Waals surface area contributed by atoms with E-state index in [-0.39, 0.29) is 0 Å². The Hall–Kier alpha value is -3.09. The summed E-state index contributed by atoms with van der Waals surface area (Å²) in [5, 5.41) is 5.96. The first-order chi connectivity index (χ1) is 12.8. The summed E-state index contributed by atoms with van der Waals surface area (Å²) in [5.41, 5.74) is 1.70. The molecule has 2 aromatic rings. The molecule has 0 aliphatic carbocycles. The fraction of sp³-hybridized carbons (Fsp3) is 0.350. The van der Waals surface area contributed by atoms with E-state index in [0.717, 1.165) is 11.4 Å². The highest BCUT2D eigenvalue weighted by molar-refractivity contribution is 5.85. The highest BCUT2D eigenvalue weighted by Gasteiger charge is 2.16. The Bertz CT molecular complexity index is 757. The summed E-state index contributed by atoms with van der Waals surface area (Å²) >= 11 is 0. The van der Waals surface area contributed by atoms with Gasteiger partial charge < -0.3 is 24.3 Å². The summed E-state index contributed by atoms with van der Waals surface area (Å²) in [6, 6.07) is 10.9. The molecule has 7 nitrogen and oxygen atoms in total. The Labute approximate surface area is 159 Å². The minimum atomic E-state index is -0.544. The molecule has 0 atom stereocenters. The van der Waals surface area contributed by atoms with Gasteiger partial charge in [-0.3, -0.25) is 5.32 Å². The van der Waals surface area contributed by atoms with Gasteiger partial charge in [-0.25, -0.2) is 4.79 Å². The topological polar surface area (TPSA) is 78.1 Å². The predicted octanol–water partition coefficient (Wildman–Crippen LogP) is 4.80. The minimum absolute atomic E-state index is 0.493. The molecule has 0 unspecified atom stereocenters. The fourth-order valence-corrected chi connectivity index (χ4v) is 2.38. The number of ether oxygens (including phenoxy) is 4. The van der Waals surface area contributed by atoms with Crippen LogP contribution >= 0.6 is 0 Å². The van der Waals surface area contributed by atoms with Gasteiger partial charge in [-0.15, -0.1) is 0 Å². The molecule has 0 radical (unpaired) electrons. The standard InChI is InChI=1S/C20H26N2O5/c1-20(2,3)27-19(23)22-14-9-7-13(8-10-14)21-15-11-16(24-4)18(26-6)17(12-15)25-5/h7-12,21H,1-6H3,(H,22,23). The molecule has 0 bridgehead atoms. The molecule has 0 heterocycles. The van der Waals surface area contributed by atoms with Crippen LogP contribution in [0.3, 0.4) is 0 Å². The van der Waals surface area contributed by atoms with Gasteiger partial charge in [0.15, 0.2) is 11.5 Å². The van der Waals surface area contributed by atoms with Crippen molar-refractivity contribution in [3.63, 3.8) is 0 Å². The van der Waals surface area contributed by atoms with Crippen LogP contribution in [0.1, 0.15) is 20.8 Å². The third kappa shape index (κ3) is 5.70. The molecule has 0 fully saturated rings. The summed E-state index contributed by atoms with van der Waals surface area (Å²) in [7, 11) is 4.69. The van der Waals surface area contributed by atoms with Crippen molar-refractivity contribution in [3.05, 3.63) is 36.4 Å². The maximum absolute atomic E-state index is 11.8. The summed E-state index contributed by atoms with van der Waals surface area (Å²) < 4.78 is 21.3. The molecule has 7 heteroatoms. The van der Waals surface area contributed by atoms with Gasteiger partial charge in [-0.2, -0.15) is 0 Å². The van der Waals surface area contributed by atoms with Crippen molar-refractivity contribution in [2.75, 3.05) is 32.0 Å². The third-order valence-electron chi connectivity index (χ3n) is 3.48. The van der Waals surface area contributed by atoms with Crippen LogP contribution in [0.25, 0.3) is 0 Å². The van der Waals surface area contributed by atoms with Crippen molar-refractivity contribution in [3.8, 4) is 17.2 Å². The molecule has 2 N–H and O–H groups in total. The van der Waals surface area contributed by atoms with Gasteiger partial charge in [0.25, 0.3) is 0 Å². The molecule has 0 spiro atoms. The average Bonchev–Trinajstić information content (AvgIpc) is 2.60. The van der Waals surface area contributed by atoms with Gasteiger partial charge in [0.05, 0.1) is 21.3 Å². The lowest BCUT2D eigenvalue weighted by Gasteiger charge is -2.19. The molecule has 2 aromatic carbocycles. The molecule has 27 heavy (non-hydrogen) atoms. The molecule has 0 saturated heterocycles. The maximum atomic E-state index is 11.8. The molecule has 0 saturated carbocycles. The van der Waals surface area contributed by atoms with Crippen LogP contribution in [-0.4, -0.2) is 33.0 Å². The van der Waals surface area contributed by atoms with Gasteiger partial charge in [0.1, 0.15) is 5.60 Å². The lowest BCUT2D eigenvalue weighted by atomic mass is 10.2. The van der Waals surface area contributed by atoms with E-state index in [0.29, 0.717) is 22.9 Å². The van der Waals surface area contributed by atoms with Crippen LogP contribution in [0.2, 0.25) is 0 Å². The molecule has 146 valence electrons. The number of nitrogens with one attached hydrogen (secondary N) is 2. The van der Waals surface area contributed by atoms with E-state index in [9.17, 15) is 4.79 Å². The second-order valence-corrected chi connectivity index (χ2v) is 6.74. The lowest BCUT2D eigenvalue weighted by molar-refractivity contribution is 0.0636. The highest BCUT2D eigenvalue weighted by Crippen LogP contribution is 2.40. The summed E-state index contributed by atoms with van der Waals surface area (Å²) in [6.07, 6.45) is -0.493. The first-order valence-corrected chi connectivity index (χ1v) is 8.43. The SMILES string of the molecule is COc1cc(Nc2ccc(NC(=O)OC(C)(C)C)cc2)cc(OC)c1OC. The second kappa shape index (κ2) is 8.53. The summed E-state index contributed by atoms with van der Waals surface area (Å²) in [6.45, 7) is 5.45. The molecule has 0 aliphatic heterocycles. The predicted molar refractivity (Wildman–Crippen MR) is 106 cm³/mol. The van der Waals surface area contributed by atoms with Gasteiger partial charge >= 0.3 is 6.09 Å². The van der Waals surface area contributed by atoms with E-state index in [1.165, 1.54) is 0 Å². The first kappa shape index (κ1) is 20.2. The molecular formula is C20H26N2O5. The minimum Gasteiger partial charge on any atom is -0.493 e. The number of hydrogen-bond acceptors (Lipinski definition) is 6. The van der Waals surface area contributed by atoms with Crippen LogP contribution < -0.4 is 24.8 Å². The van der Waals surface area contributed by atoms with Crippen molar-refractivity contribution < 1.29 is 23.7 Å². The van der Waals surface area contributed by atoms with Crippen LogP contribution in [-0.2, 0) is 4.74 Å². The molecular weight excluding hydrogens is 348 g/mol. The Kier molecular flexibility index (Phi) is 6.39. The number of carbonyl (C=O) groups is 1. The number of benzene rings is 2. The van der Waals surface area contributed by atoms with Crippen molar-refractivity contribution in [1.82, 2.24) is 0 Å². The molecule has 0 aromatic heterocycles. The normalized spacial score (nSPS) is 10.7. The number of hydrogen-bond donors (Lipinski definition) is 2. The van der Waals surface area contributed by atoms with Gasteiger partial charge in [-0.05, 0) is 45.0 Å². The van der Waals surface area contributed by atoms with Gasteiger partial charge in [0, 0.05) is 29.2 Å². The number of rotatable bonds is 6. The van der Waals surface area contributed by atoms with E-state index < -0.39 is 11.7 Å². The van der Waals surface area contributed by atoms with E-state index in [1.807, 2.05) is 45.0 Å². The van der Waals surface area contributed by atoms with Gasteiger partial charge in [-0.1, -0.05) is 0 Å². The van der Waals surface area contributed by atoms with Crippen molar-refractivity contribution in [2.24, 2.45) is 0 Å². The molecule has 2 rings (SSSR count). The Morgan fingerprint density at radius 1 is 0.815 bits per heavy atom. The Balaban J connectivity index is 2.11. The van der Waals surface area contributed by atoms with E-state index in [1.54, 1.807) is 33.5 Å². The quantitative estimate of drug-likeness (QED) is 0.756. The number of anilines is 3. The number of carbonyl (C=O) groups excluding carboxylic acids is 1. The summed E-state index contributed by atoms with van der Waals surface area (Å²) in [4.78, 5) is 11.8. The monoisotopic (exact) mass is 374 g/mol. The Morgan fingerprint density at radius 3 is 1.78 bits per heavy atom. The zero-order valence-corrected chi connectivity index (χ0v) is 16.5. The van der Waals surface area contributed by atoms with Crippen LogP contribution in [0.4, 0.5) is 21.9 Å². The molecule has 1 amide bonds. The van der Waals surface area contributed by atoms with E-state index in [4.69, 9.17) is 18.9 Å². The number of methoxy groups -OCH3 is 3. The van der Waals surface area contributed by atoms with E-state index in [2.05, 4.69) is 10.6 Å². The second-order valence-electron chi connectivity index (χ2n) is 6.74. The number of amides is 1. The zero-order valence-electron chi connectivity index (χ0n) is 16.5. The van der Waals surface area contributed by atoms with E-state index >= 15 is 0 Å². The third-order valence-corrected chi connectivity index (χ3v) is 3.48. The van der Waals surface area contributed by atoms with Gasteiger partial charge in [0.2, 0.25) is 5.75 Å². The average molecular weight is 374 g/mol. The largest absolute Gasteiger partial charge is 0.493 e. The highest BCUT2D eigenvalue weighted by atomic mass is 16.6.